The summed E-state index contributed by atoms with van der Waals surface area (Å²) in [5.41, 5.74) is 1.35. The highest BCUT2D eigenvalue weighted by Crippen LogP contribution is 2.22. The molecular weight excluding hydrogens is 674 g/mol. The SMILES string of the molecule is CCCCCCCCCCCCC=CCCC(O)C(=O)NC(COC1OC(CO)C(O)C(O)C1O)C(O)C=CCCC=C(C)CCCCCCCCC. The molecule has 1 aliphatic heterocycles. The molecule has 1 aliphatic rings. The van der Waals surface area contributed by atoms with E-state index < -0.39 is 61.5 Å². The Morgan fingerprint density at radius 1 is 0.717 bits per heavy atom. The van der Waals surface area contributed by atoms with Gasteiger partial charge in [0.25, 0.3) is 0 Å². The van der Waals surface area contributed by atoms with Gasteiger partial charge in [0.15, 0.2) is 6.29 Å². The Morgan fingerprint density at radius 3 is 1.89 bits per heavy atom. The predicted molar refractivity (Wildman–Crippen MR) is 213 cm³/mol. The number of carbonyl (C=O) groups excluding carboxylic acids is 1. The second-order valence-electron chi connectivity index (χ2n) is 15.1. The average molecular weight is 754 g/mol. The van der Waals surface area contributed by atoms with Crippen molar-refractivity contribution in [3.63, 3.8) is 0 Å². The van der Waals surface area contributed by atoms with Gasteiger partial charge in [0.1, 0.15) is 30.5 Å². The maximum absolute atomic E-state index is 13.0. The molecule has 1 saturated heterocycles. The minimum absolute atomic E-state index is 0.219. The standard InChI is InChI=1S/C43H79NO9/c1-4-6-8-10-12-13-14-15-16-17-18-20-22-26-31-37(47)42(51)44-35(33-52-43-41(50)40(49)39(48)38(32-45)53-43)36(46)30-27-23-25-29-34(3)28-24-21-19-11-9-7-5-2/h20,22,27,29-30,35-41,43,45-50H,4-19,21,23-26,28,31-33H2,1-3H3,(H,44,51). The molecule has 310 valence electrons. The maximum atomic E-state index is 13.0. The lowest BCUT2D eigenvalue weighted by Gasteiger charge is -2.40. The fourth-order valence-corrected chi connectivity index (χ4v) is 6.54. The van der Waals surface area contributed by atoms with Crippen LogP contribution in [0.15, 0.2) is 36.0 Å². The number of nitrogens with one attached hydrogen (secondary N) is 1. The zero-order chi connectivity index (χ0) is 39.1. The number of aliphatic hydroxyl groups excluding tert-OH is 6. The zero-order valence-corrected chi connectivity index (χ0v) is 33.6. The van der Waals surface area contributed by atoms with Crippen LogP contribution in [0, 0.1) is 0 Å². The third-order valence-corrected chi connectivity index (χ3v) is 10.2. The summed E-state index contributed by atoms with van der Waals surface area (Å²) in [5.74, 6) is -0.660. The molecule has 0 saturated carbocycles. The molecular formula is C43H79NO9. The van der Waals surface area contributed by atoms with E-state index in [4.69, 9.17) is 9.47 Å². The van der Waals surface area contributed by atoms with E-state index in [1.54, 1.807) is 6.08 Å². The third kappa shape index (κ3) is 23.8. The van der Waals surface area contributed by atoms with E-state index in [2.05, 4.69) is 38.2 Å². The second kappa shape index (κ2) is 32.6. The Morgan fingerprint density at radius 2 is 1.28 bits per heavy atom. The van der Waals surface area contributed by atoms with Crippen molar-refractivity contribution >= 4 is 5.91 Å². The van der Waals surface area contributed by atoms with Gasteiger partial charge < -0.3 is 45.4 Å². The third-order valence-electron chi connectivity index (χ3n) is 10.2. The molecule has 0 spiro atoms. The van der Waals surface area contributed by atoms with Crippen LogP contribution in [0.3, 0.4) is 0 Å². The van der Waals surface area contributed by atoms with Gasteiger partial charge in [-0.25, -0.2) is 0 Å². The van der Waals surface area contributed by atoms with Gasteiger partial charge >= 0.3 is 0 Å². The summed E-state index contributed by atoms with van der Waals surface area (Å²) in [7, 11) is 0. The van der Waals surface area contributed by atoms with Gasteiger partial charge in [-0.1, -0.05) is 146 Å². The molecule has 0 aromatic carbocycles. The molecule has 53 heavy (non-hydrogen) atoms. The quantitative estimate of drug-likeness (QED) is 0.0274. The fraction of sp³-hybridized carbons (Fsp3) is 0.837. The Labute approximate surface area is 322 Å². The van der Waals surface area contributed by atoms with Gasteiger partial charge in [-0.2, -0.15) is 0 Å². The van der Waals surface area contributed by atoms with Crippen LogP contribution in [0.25, 0.3) is 0 Å². The highest BCUT2D eigenvalue weighted by atomic mass is 16.7. The van der Waals surface area contributed by atoms with Crippen molar-refractivity contribution in [1.82, 2.24) is 5.32 Å². The first-order chi connectivity index (χ1) is 25.7. The number of allylic oxidation sites excluding steroid dienone is 5. The lowest BCUT2D eigenvalue weighted by Crippen LogP contribution is -2.60. The van der Waals surface area contributed by atoms with Crippen molar-refractivity contribution in [2.45, 2.75) is 217 Å². The molecule has 1 fully saturated rings. The molecule has 8 atom stereocenters. The van der Waals surface area contributed by atoms with E-state index in [0.717, 1.165) is 25.7 Å². The smallest absolute Gasteiger partial charge is 0.249 e. The van der Waals surface area contributed by atoms with Crippen molar-refractivity contribution in [3.05, 3.63) is 36.0 Å². The van der Waals surface area contributed by atoms with Crippen LogP contribution in [-0.2, 0) is 14.3 Å². The summed E-state index contributed by atoms with van der Waals surface area (Å²) in [6.45, 7) is 5.68. The molecule has 1 amide bonds. The van der Waals surface area contributed by atoms with E-state index in [9.17, 15) is 35.4 Å². The number of hydrogen-bond acceptors (Lipinski definition) is 9. The van der Waals surface area contributed by atoms with Gasteiger partial charge in [-0.05, 0) is 58.3 Å². The van der Waals surface area contributed by atoms with Crippen molar-refractivity contribution in [3.8, 4) is 0 Å². The van der Waals surface area contributed by atoms with Crippen LogP contribution >= 0.6 is 0 Å². The molecule has 1 rings (SSSR count). The van der Waals surface area contributed by atoms with Crippen molar-refractivity contribution < 1.29 is 44.9 Å². The van der Waals surface area contributed by atoms with Crippen LogP contribution in [0.5, 0.6) is 0 Å². The molecule has 10 nitrogen and oxygen atoms in total. The Kier molecular flexibility index (Phi) is 30.4. The molecule has 0 aromatic rings. The zero-order valence-electron chi connectivity index (χ0n) is 33.6. The number of amides is 1. The molecule has 8 unspecified atom stereocenters. The molecule has 0 radical (unpaired) electrons. The predicted octanol–water partition coefficient (Wildman–Crippen LogP) is 7.08. The Bertz CT molecular complexity index is 971. The minimum Gasteiger partial charge on any atom is -0.394 e. The molecule has 0 bridgehead atoms. The summed E-state index contributed by atoms with van der Waals surface area (Å²) in [6, 6.07) is -1.01. The summed E-state index contributed by atoms with van der Waals surface area (Å²) >= 11 is 0. The maximum Gasteiger partial charge on any atom is 0.249 e. The van der Waals surface area contributed by atoms with Gasteiger partial charge in [0.05, 0.1) is 25.4 Å². The lowest BCUT2D eigenvalue weighted by molar-refractivity contribution is -0.302. The summed E-state index contributed by atoms with van der Waals surface area (Å²) < 4.78 is 11.1. The normalized spacial score (nSPS) is 22.8. The lowest BCUT2D eigenvalue weighted by atomic mass is 9.99. The first kappa shape index (κ1) is 49.4. The summed E-state index contributed by atoms with van der Waals surface area (Å²) in [6.07, 6.45) is 26.1. The number of rotatable bonds is 33. The van der Waals surface area contributed by atoms with Crippen molar-refractivity contribution in [1.29, 1.82) is 0 Å². The highest BCUT2D eigenvalue weighted by Gasteiger charge is 2.44. The fourth-order valence-electron chi connectivity index (χ4n) is 6.54. The van der Waals surface area contributed by atoms with Gasteiger partial charge in [-0.3, -0.25) is 4.79 Å². The first-order valence-corrected chi connectivity index (χ1v) is 21.2. The van der Waals surface area contributed by atoms with Crippen LogP contribution < -0.4 is 5.32 Å². The van der Waals surface area contributed by atoms with Crippen molar-refractivity contribution in [2.75, 3.05) is 13.2 Å². The average Bonchev–Trinajstić information content (AvgIpc) is 3.15. The first-order valence-electron chi connectivity index (χ1n) is 21.2. The topological polar surface area (TPSA) is 169 Å². The van der Waals surface area contributed by atoms with E-state index in [1.807, 2.05) is 12.2 Å². The number of ether oxygens (including phenoxy) is 2. The molecule has 0 aliphatic carbocycles. The minimum atomic E-state index is -1.62. The number of aliphatic hydroxyl groups is 6. The van der Waals surface area contributed by atoms with Crippen LogP contribution in [0.1, 0.15) is 168 Å². The molecule has 1 heterocycles. The Balaban J connectivity index is 2.58. The summed E-state index contributed by atoms with van der Waals surface area (Å²) in [5, 5.41) is 64.5. The van der Waals surface area contributed by atoms with Crippen LogP contribution in [-0.4, -0.2) is 98.7 Å². The van der Waals surface area contributed by atoms with Crippen molar-refractivity contribution in [2.24, 2.45) is 0 Å². The van der Waals surface area contributed by atoms with Gasteiger partial charge in [0, 0.05) is 0 Å². The number of carbonyl (C=O) groups is 1. The van der Waals surface area contributed by atoms with E-state index in [-0.39, 0.29) is 13.0 Å². The largest absolute Gasteiger partial charge is 0.394 e. The second-order valence-corrected chi connectivity index (χ2v) is 15.1. The van der Waals surface area contributed by atoms with Gasteiger partial charge in [0.2, 0.25) is 5.91 Å². The molecule has 7 N–H and O–H groups in total. The van der Waals surface area contributed by atoms with Gasteiger partial charge in [-0.15, -0.1) is 0 Å². The monoisotopic (exact) mass is 754 g/mol. The van der Waals surface area contributed by atoms with E-state index in [0.29, 0.717) is 12.8 Å². The van der Waals surface area contributed by atoms with Crippen LogP contribution in [0.2, 0.25) is 0 Å². The number of hydrogen-bond donors (Lipinski definition) is 7. The van der Waals surface area contributed by atoms with E-state index in [1.165, 1.54) is 108 Å². The molecule has 10 heteroatoms. The molecule has 0 aromatic heterocycles. The highest BCUT2D eigenvalue weighted by molar-refractivity contribution is 5.80. The van der Waals surface area contributed by atoms with E-state index >= 15 is 0 Å². The summed E-state index contributed by atoms with van der Waals surface area (Å²) in [4.78, 5) is 13.0. The Hall–Kier alpha value is -1.63. The van der Waals surface area contributed by atoms with Crippen LogP contribution in [0.4, 0.5) is 0 Å². The number of unbranched alkanes of at least 4 members (excludes halogenated alkanes) is 17.